The molecule has 0 bridgehead atoms. The van der Waals surface area contributed by atoms with Gasteiger partial charge >= 0.3 is 0 Å². The monoisotopic (exact) mass is 604 g/mol. The average molecular weight is 605 g/mol. The van der Waals surface area contributed by atoms with E-state index >= 15 is 0 Å². The molecule has 4 heterocycles. The summed E-state index contributed by atoms with van der Waals surface area (Å²) in [6.07, 6.45) is 4.48. The molecular weight excluding hydrogens is 568 g/mol. The number of hydrogen-bond acceptors (Lipinski definition) is 11. The molecule has 0 spiro atoms. The zero-order chi connectivity index (χ0) is 30.6. The molecule has 5 amide bonds. The number of primary amides is 1. The summed E-state index contributed by atoms with van der Waals surface area (Å²) in [5, 5.41) is 15.8. The Bertz CT molecular complexity index is 1270. The number of nitrogens with one attached hydrogen (secondary N) is 3. The zero-order valence-corrected chi connectivity index (χ0v) is 23.6. The first kappa shape index (κ1) is 31.5. The van der Waals surface area contributed by atoms with Crippen molar-refractivity contribution < 1.29 is 38.2 Å². The van der Waals surface area contributed by atoms with Crippen molar-refractivity contribution in [1.29, 1.82) is 0 Å². The van der Waals surface area contributed by atoms with E-state index in [-0.39, 0.29) is 64.8 Å². The van der Waals surface area contributed by atoms with Gasteiger partial charge in [-0.05, 0) is 0 Å². The van der Waals surface area contributed by atoms with E-state index in [2.05, 4.69) is 31.2 Å². The fourth-order valence-corrected chi connectivity index (χ4v) is 4.44. The summed E-state index contributed by atoms with van der Waals surface area (Å²) in [5.74, 6) is -2.42. The highest BCUT2D eigenvalue weighted by Gasteiger charge is 2.29. The largest absolute Gasteiger partial charge is 0.378 e. The van der Waals surface area contributed by atoms with Gasteiger partial charge in [0.25, 0.3) is 0 Å². The highest BCUT2D eigenvalue weighted by molar-refractivity contribution is 5.92. The van der Waals surface area contributed by atoms with Gasteiger partial charge in [0, 0.05) is 44.9 Å². The molecule has 0 saturated carbocycles. The molecule has 2 aliphatic heterocycles. The second kappa shape index (κ2) is 15.7. The van der Waals surface area contributed by atoms with Gasteiger partial charge in [-0.15, -0.1) is 5.10 Å². The Hall–Kier alpha value is -4.42. The van der Waals surface area contributed by atoms with E-state index < -0.39 is 35.7 Å². The highest BCUT2D eigenvalue weighted by atomic mass is 16.5. The number of amides is 5. The number of aromatic nitrogens is 5. The van der Waals surface area contributed by atoms with Crippen molar-refractivity contribution in [2.24, 2.45) is 5.73 Å². The van der Waals surface area contributed by atoms with Crippen LogP contribution in [0.3, 0.4) is 0 Å². The summed E-state index contributed by atoms with van der Waals surface area (Å²) in [7, 11) is 0. The van der Waals surface area contributed by atoms with Crippen LogP contribution in [0.15, 0.2) is 18.7 Å². The lowest BCUT2D eigenvalue weighted by Gasteiger charge is -2.26. The van der Waals surface area contributed by atoms with Crippen molar-refractivity contribution in [3.63, 3.8) is 0 Å². The lowest BCUT2D eigenvalue weighted by Crippen LogP contribution is -2.55. The van der Waals surface area contributed by atoms with Crippen molar-refractivity contribution in [1.82, 2.24) is 45.4 Å². The fourth-order valence-electron chi connectivity index (χ4n) is 4.44. The van der Waals surface area contributed by atoms with Gasteiger partial charge < -0.3 is 45.4 Å². The molecule has 4 rings (SSSR count). The minimum atomic E-state index is -1.13. The van der Waals surface area contributed by atoms with Gasteiger partial charge in [-0.2, -0.15) is 0 Å². The van der Waals surface area contributed by atoms with Crippen molar-refractivity contribution in [2.75, 3.05) is 59.3 Å². The van der Waals surface area contributed by atoms with Crippen LogP contribution >= 0.6 is 0 Å². The molecule has 18 heteroatoms. The minimum Gasteiger partial charge on any atom is -0.378 e. The second-order valence-corrected chi connectivity index (χ2v) is 9.95. The maximum Gasteiger partial charge on any atom is 0.246 e. The molecule has 0 unspecified atom stereocenters. The highest BCUT2D eigenvalue weighted by Crippen LogP contribution is 2.07. The van der Waals surface area contributed by atoms with Gasteiger partial charge in [0.1, 0.15) is 31.8 Å². The van der Waals surface area contributed by atoms with Gasteiger partial charge in [0.15, 0.2) is 0 Å². The Kier molecular flexibility index (Phi) is 11.5. The van der Waals surface area contributed by atoms with Crippen LogP contribution in [0, 0.1) is 0 Å². The van der Waals surface area contributed by atoms with Crippen molar-refractivity contribution in [3.05, 3.63) is 30.1 Å². The van der Waals surface area contributed by atoms with E-state index in [0.717, 1.165) is 0 Å². The Morgan fingerprint density at radius 2 is 1.60 bits per heavy atom. The SMILES string of the molecule is NC(=O)Cn1cc(C[C@H]2NC(=O)[C@H](Cc3cn(CC(=O)N4CCOCC4)cn3)NC(=O)COCCOCCNC2=O)nn1. The molecule has 0 aromatic carbocycles. The van der Waals surface area contributed by atoms with Gasteiger partial charge in [-0.25, -0.2) is 9.67 Å². The Morgan fingerprint density at radius 1 is 0.884 bits per heavy atom. The molecule has 43 heavy (non-hydrogen) atoms. The van der Waals surface area contributed by atoms with Crippen LogP contribution in [-0.4, -0.2) is 130 Å². The molecule has 0 radical (unpaired) electrons. The first-order valence-corrected chi connectivity index (χ1v) is 13.8. The predicted octanol–water partition coefficient (Wildman–Crippen LogP) is -4.26. The van der Waals surface area contributed by atoms with Crippen LogP contribution in [-0.2, 0) is 64.1 Å². The van der Waals surface area contributed by atoms with E-state index in [9.17, 15) is 24.0 Å². The molecule has 0 aliphatic carbocycles. The molecule has 2 fully saturated rings. The number of rotatable bonds is 8. The van der Waals surface area contributed by atoms with E-state index in [1.54, 1.807) is 15.7 Å². The Labute approximate surface area is 246 Å². The van der Waals surface area contributed by atoms with Crippen LogP contribution in [0.5, 0.6) is 0 Å². The molecule has 5 N–H and O–H groups in total. The minimum absolute atomic E-state index is 0.0252. The maximum atomic E-state index is 13.5. The van der Waals surface area contributed by atoms with Gasteiger partial charge in [0.05, 0.1) is 50.7 Å². The van der Waals surface area contributed by atoms with Crippen LogP contribution in [0.2, 0.25) is 0 Å². The molecule has 2 aromatic heterocycles. The number of morpholine rings is 1. The Morgan fingerprint density at radius 3 is 2.40 bits per heavy atom. The molecular formula is C25H36N10O8. The van der Waals surface area contributed by atoms with Crippen molar-refractivity contribution in [2.45, 2.75) is 38.0 Å². The summed E-state index contributed by atoms with van der Waals surface area (Å²) < 4.78 is 18.9. The molecule has 18 nitrogen and oxygen atoms in total. The fraction of sp³-hybridized carbons (Fsp3) is 0.600. The number of imidazole rings is 1. The number of hydrogen-bond donors (Lipinski definition) is 4. The topological polar surface area (TPSA) is 227 Å². The molecule has 2 atom stereocenters. The molecule has 2 aromatic rings. The summed E-state index contributed by atoms with van der Waals surface area (Å²) in [6.45, 7) is 2.26. The third kappa shape index (κ3) is 10.1. The summed E-state index contributed by atoms with van der Waals surface area (Å²) in [4.78, 5) is 69.1. The van der Waals surface area contributed by atoms with E-state index in [1.807, 2.05) is 0 Å². The van der Waals surface area contributed by atoms with Crippen LogP contribution in [0.4, 0.5) is 0 Å². The quantitative estimate of drug-likeness (QED) is 0.226. The van der Waals surface area contributed by atoms with E-state index in [0.29, 0.717) is 37.7 Å². The lowest BCUT2D eigenvalue weighted by atomic mass is 10.1. The first-order valence-electron chi connectivity index (χ1n) is 13.8. The lowest BCUT2D eigenvalue weighted by molar-refractivity contribution is -0.136. The average Bonchev–Trinajstić information content (AvgIpc) is 3.61. The number of carbonyl (C=O) groups is 5. The summed E-state index contributed by atoms with van der Waals surface area (Å²) in [5.41, 5.74) is 5.98. The smallest absolute Gasteiger partial charge is 0.246 e. The van der Waals surface area contributed by atoms with Crippen molar-refractivity contribution >= 4 is 29.5 Å². The zero-order valence-electron chi connectivity index (χ0n) is 23.6. The number of carbonyl (C=O) groups excluding carboxylic acids is 5. The standard InChI is InChI=1S/C25H36N10O8/c26-21(36)13-35-12-18(31-32-35)10-19-24(39)27-1-4-41-7-8-43-15-22(37)29-20(25(40)30-19)9-17-11-33(16-28-17)14-23(38)34-2-5-42-6-3-34/h11-12,16,19-20H,1-10,13-15H2,(H2,26,36)(H,27,39)(H,29,37)(H,30,40)/t19-,20+/m1/s1. The molecule has 234 valence electrons. The molecule has 2 saturated heterocycles. The van der Waals surface area contributed by atoms with Crippen LogP contribution < -0.4 is 21.7 Å². The third-order valence-corrected chi connectivity index (χ3v) is 6.53. The predicted molar refractivity (Wildman–Crippen MR) is 145 cm³/mol. The van der Waals surface area contributed by atoms with E-state index in [4.69, 9.17) is 19.9 Å². The first-order chi connectivity index (χ1) is 20.8. The second-order valence-electron chi connectivity index (χ2n) is 9.95. The summed E-state index contributed by atoms with van der Waals surface area (Å²) in [6, 6.07) is -2.23. The number of nitrogens with zero attached hydrogens (tertiary/aromatic N) is 6. The normalized spacial score (nSPS) is 21.2. The van der Waals surface area contributed by atoms with Gasteiger partial charge in [-0.1, -0.05) is 5.21 Å². The van der Waals surface area contributed by atoms with E-state index in [1.165, 1.54) is 17.2 Å². The van der Waals surface area contributed by atoms with Crippen molar-refractivity contribution in [3.8, 4) is 0 Å². The van der Waals surface area contributed by atoms with Gasteiger partial charge in [0.2, 0.25) is 29.5 Å². The van der Waals surface area contributed by atoms with Crippen LogP contribution in [0.1, 0.15) is 11.4 Å². The summed E-state index contributed by atoms with van der Waals surface area (Å²) >= 11 is 0. The van der Waals surface area contributed by atoms with Gasteiger partial charge in [-0.3, -0.25) is 24.0 Å². The molecule has 2 aliphatic rings. The Balaban J connectivity index is 1.47. The number of ether oxygens (including phenoxy) is 3. The maximum absolute atomic E-state index is 13.5. The third-order valence-electron chi connectivity index (χ3n) is 6.53. The van der Waals surface area contributed by atoms with Crippen LogP contribution in [0.25, 0.3) is 0 Å². The number of nitrogens with two attached hydrogens (primary N) is 1.